The van der Waals surface area contributed by atoms with Crippen LogP contribution in [0.1, 0.15) is 32.1 Å². The highest BCUT2D eigenvalue weighted by atomic mass is 16.1. The van der Waals surface area contributed by atoms with Crippen molar-refractivity contribution < 1.29 is 4.79 Å². The summed E-state index contributed by atoms with van der Waals surface area (Å²) < 4.78 is 3.40. The Morgan fingerprint density at radius 3 is 2.72 bits per heavy atom. The molecule has 3 aromatic rings. The van der Waals surface area contributed by atoms with Crippen molar-refractivity contribution in [3.63, 3.8) is 0 Å². The number of aromatic nitrogens is 3. The third-order valence-electron chi connectivity index (χ3n) is 5.82. The van der Waals surface area contributed by atoms with Crippen molar-refractivity contribution >= 4 is 27.7 Å². The molecule has 3 heterocycles. The first-order valence-electron chi connectivity index (χ1n) is 10.6. The fourth-order valence-corrected chi connectivity index (χ4v) is 4.30. The highest BCUT2D eigenvalue weighted by molar-refractivity contribution is 6.07. The van der Waals surface area contributed by atoms with Crippen LogP contribution in [-0.2, 0) is 18.4 Å². The Balaban J connectivity index is 1.37. The molecule has 1 aliphatic heterocycles. The molecule has 1 amide bonds. The van der Waals surface area contributed by atoms with Gasteiger partial charge in [0, 0.05) is 42.8 Å². The van der Waals surface area contributed by atoms with E-state index in [2.05, 4.69) is 15.3 Å². The maximum atomic E-state index is 12.7. The summed E-state index contributed by atoms with van der Waals surface area (Å²) in [6, 6.07) is 7.98. The van der Waals surface area contributed by atoms with Gasteiger partial charge in [-0.2, -0.15) is 5.10 Å². The molecule has 0 bridgehead atoms. The molecule has 1 fully saturated rings. The normalized spacial score (nSPS) is 14.8. The zero-order chi connectivity index (χ0) is 20.2. The Morgan fingerprint density at radius 2 is 1.90 bits per heavy atom. The van der Waals surface area contributed by atoms with Crippen LogP contribution in [-0.4, -0.2) is 51.3 Å². The molecule has 1 N–H and O–H groups in total. The van der Waals surface area contributed by atoms with Crippen LogP contribution >= 0.6 is 0 Å². The molecule has 29 heavy (non-hydrogen) atoms. The van der Waals surface area contributed by atoms with Crippen molar-refractivity contribution in [2.45, 2.75) is 38.6 Å². The maximum absolute atomic E-state index is 12.7. The van der Waals surface area contributed by atoms with E-state index in [0.29, 0.717) is 24.9 Å². The highest BCUT2D eigenvalue weighted by Gasteiger charge is 2.15. The Labute approximate surface area is 170 Å². The SMILES string of the molecule is Cn1ncc2c3ccccc3n(CCCC(=O)NCCCN3CCCC3)c2c1=O. The molecule has 0 unspecified atom stereocenters. The van der Waals surface area contributed by atoms with E-state index in [1.807, 2.05) is 28.8 Å². The third kappa shape index (κ3) is 4.19. The largest absolute Gasteiger partial charge is 0.356 e. The molecule has 0 atom stereocenters. The van der Waals surface area contributed by atoms with Gasteiger partial charge in [0.1, 0.15) is 5.52 Å². The van der Waals surface area contributed by atoms with E-state index in [-0.39, 0.29) is 11.5 Å². The predicted octanol–water partition coefficient (Wildman–Crippen LogP) is 2.27. The standard InChI is InChI=1S/C22H29N5O2/c1-25-22(29)21-18(16-24-25)17-8-2-3-9-19(17)27(21)15-6-10-20(28)23-11-7-14-26-12-4-5-13-26/h2-3,8-9,16H,4-7,10-15H2,1H3,(H,23,28). The summed E-state index contributed by atoms with van der Waals surface area (Å²) >= 11 is 0. The summed E-state index contributed by atoms with van der Waals surface area (Å²) in [5.41, 5.74) is 1.57. The highest BCUT2D eigenvalue weighted by Crippen LogP contribution is 2.26. The first-order chi connectivity index (χ1) is 14.1. The number of carbonyl (C=O) groups excluding carboxylic acids is 1. The topological polar surface area (TPSA) is 72.2 Å². The van der Waals surface area contributed by atoms with Crippen molar-refractivity contribution in [3.05, 3.63) is 40.8 Å². The Bertz CT molecular complexity index is 1060. The molecule has 0 spiro atoms. The predicted molar refractivity (Wildman–Crippen MR) is 115 cm³/mol. The molecule has 7 heteroatoms. The Kier molecular flexibility index (Phi) is 5.94. The van der Waals surface area contributed by atoms with Gasteiger partial charge in [0.2, 0.25) is 5.91 Å². The Hall–Kier alpha value is -2.67. The van der Waals surface area contributed by atoms with Crippen LogP contribution in [0.2, 0.25) is 0 Å². The van der Waals surface area contributed by atoms with Gasteiger partial charge in [-0.05, 0) is 51.4 Å². The number of aryl methyl sites for hydroxylation is 2. The summed E-state index contributed by atoms with van der Waals surface area (Å²) in [6.07, 6.45) is 6.51. The number of hydrogen-bond donors (Lipinski definition) is 1. The molecule has 0 saturated carbocycles. The number of nitrogens with zero attached hydrogens (tertiary/aromatic N) is 4. The van der Waals surface area contributed by atoms with Gasteiger partial charge in [0.05, 0.1) is 6.20 Å². The summed E-state index contributed by atoms with van der Waals surface area (Å²) in [4.78, 5) is 27.4. The lowest BCUT2D eigenvalue weighted by Gasteiger charge is -2.14. The molecule has 2 aromatic heterocycles. The molecule has 1 aliphatic rings. The van der Waals surface area contributed by atoms with Crippen LogP contribution in [0.25, 0.3) is 21.8 Å². The quantitative estimate of drug-likeness (QED) is 0.594. The molecule has 154 valence electrons. The number of carbonyl (C=O) groups is 1. The smallest absolute Gasteiger partial charge is 0.291 e. The summed E-state index contributed by atoms with van der Waals surface area (Å²) in [5, 5.41) is 9.10. The summed E-state index contributed by atoms with van der Waals surface area (Å²) in [5.74, 6) is 0.0850. The van der Waals surface area contributed by atoms with Crippen molar-refractivity contribution in [1.29, 1.82) is 0 Å². The second kappa shape index (κ2) is 8.78. The monoisotopic (exact) mass is 395 g/mol. The van der Waals surface area contributed by atoms with Crippen LogP contribution in [0.15, 0.2) is 35.3 Å². The Morgan fingerprint density at radius 1 is 1.10 bits per heavy atom. The second-order valence-electron chi connectivity index (χ2n) is 7.86. The first kappa shape index (κ1) is 19.6. The first-order valence-corrected chi connectivity index (χ1v) is 10.6. The van der Waals surface area contributed by atoms with Crippen LogP contribution in [0.4, 0.5) is 0 Å². The fourth-order valence-electron chi connectivity index (χ4n) is 4.30. The minimum absolute atomic E-state index is 0.0850. The molecular formula is C22H29N5O2. The van der Waals surface area contributed by atoms with Gasteiger partial charge in [-0.1, -0.05) is 18.2 Å². The molecular weight excluding hydrogens is 366 g/mol. The number of benzene rings is 1. The van der Waals surface area contributed by atoms with Crippen molar-refractivity contribution in [1.82, 2.24) is 24.6 Å². The van der Waals surface area contributed by atoms with Gasteiger partial charge in [0.25, 0.3) is 5.56 Å². The van der Waals surface area contributed by atoms with E-state index in [4.69, 9.17) is 0 Å². The van der Waals surface area contributed by atoms with E-state index < -0.39 is 0 Å². The number of likely N-dealkylation sites (tertiary alicyclic amines) is 1. The average Bonchev–Trinajstić information content (AvgIpc) is 3.35. The second-order valence-corrected chi connectivity index (χ2v) is 7.86. The lowest BCUT2D eigenvalue weighted by molar-refractivity contribution is -0.121. The van der Waals surface area contributed by atoms with Crippen molar-refractivity contribution in [2.75, 3.05) is 26.2 Å². The zero-order valence-corrected chi connectivity index (χ0v) is 17.1. The van der Waals surface area contributed by atoms with Gasteiger partial charge in [-0.15, -0.1) is 0 Å². The van der Waals surface area contributed by atoms with Crippen molar-refractivity contribution in [2.24, 2.45) is 7.05 Å². The van der Waals surface area contributed by atoms with Gasteiger partial charge in [-0.25, -0.2) is 4.68 Å². The van der Waals surface area contributed by atoms with Gasteiger partial charge < -0.3 is 14.8 Å². The number of amides is 1. The number of rotatable bonds is 8. The molecule has 7 nitrogen and oxygen atoms in total. The van der Waals surface area contributed by atoms with E-state index in [0.717, 1.165) is 35.8 Å². The average molecular weight is 396 g/mol. The molecule has 0 aliphatic carbocycles. The van der Waals surface area contributed by atoms with Crippen molar-refractivity contribution in [3.8, 4) is 0 Å². The summed E-state index contributed by atoms with van der Waals surface area (Å²) in [6.45, 7) is 4.82. The van der Waals surface area contributed by atoms with Crippen LogP contribution < -0.4 is 10.9 Å². The fraction of sp³-hybridized carbons (Fsp3) is 0.500. The van der Waals surface area contributed by atoms with Crippen LogP contribution in [0.5, 0.6) is 0 Å². The lowest BCUT2D eigenvalue weighted by Crippen LogP contribution is -2.28. The van der Waals surface area contributed by atoms with E-state index in [1.54, 1.807) is 13.2 Å². The van der Waals surface area contributed by atoms with Crippen LogP contribution in [0.3, 0.4) is 0 Å². The zero-order valence-electron chi connectivity index (χ0n) is 17.1. The number of fused-ring (bicyclic) bond motifs is 3. The number of para-hydroxylation sites is 1. The summed E-state index contributed by atoms with van der Waals surface area (Å²) in [7, 11) is 1.67. The van der Waals surface area contributed by atoms with Gasteiger partial charge in [0.15, 0.2) is 0 Å². The van der Waals surface area contributed by atoms with Crippen LogP contribution in [0, 0.1) is 0 Å². The molecule has 4 rings (SSSR count). The molecule has 0 radical (unpaired) electrons. The minimum Gasteiger partial charge on any atom is -0.356 e. The number of hydrogen-bond acceptors (Lipinski definition) is 4. The van der Waals surface area contributed by atoms with E-state index >= 15 is 0 Å². The maximum Gasteiger partial charge on any atom is 0.291 e. The third-order valence-corrected chi connectivity index (χ3v) is 5.82. The number of nitrogens with one attached hydrogen (secondary N) is 1. The minimum atomic E-state index is -0.106. The van der Waals surface area contributed by atoms with Gasteiger partial charge in [-0.3, -0.25) is 9.59 Å². The molecule has 1 saturated heterocycles. The lowest BCUT2D eigenvalue weighted by atomic mass is 10.2. The van der Waals surface area contributed by atoms with Gasteiger partial charge >= 0.3 is 0 Å². The van der Waals surface area contributed by atoms with E-state index in [9.17, 15) is 9.59 Å². The van der Waals surface area contributed by atoms with E-state index in [1.165, 1.54) is 30.6 Å². The molecule has 1 aromatic carbocycles.